The zero-order valence-electron chi connectivity index (χ0n) is 13.4. The topological polar surface area (TPSA) is 52.6 Å². The van der Waals surface area contributed by atoms with Crippen molar-refractivity contribution < 1.29 is 9.90 Å². The number of nitrogens with one attached hydrogen (secondary N) is 1. The van der Waals surface area contributed by atoms with Gasteiger partial charge >= 0.3 is 0 Å². The molecule has 4 nitrogen and oxygen atoms in total. The lowest BCUT2D eigenvalue weighted by Gasteiger charge is -2.33. The van der Waals surface area contributed by atoms with Crippen LogP contribution in [0.3, 0.4) is 0 Å². The van der Waals surface area contributed by atoms with Gasteiger partial charge in [0.25, 0.3) is 5.91 Å². The standard InChI is InChI=1S/C18H25ClN2O2/c19-16-6-2-1-5-15(16)18(23)21-10-8-14(9-11-21)20-12-13-4-3-7-17(13)22/h1-2,5-6,13-14,17,20,22H,3-4,7-12H2/t13-,17+/m1/s1. The monoisotopic (exact) mass is 336 g/mol. The Balaban J connectivity index is 1.47. The highest BCUT2D eigenvalue weighted by molar-refractivity contribution is 6.33. The molecule has 1 aromatic rings. The summed E-state index contributed by atoms with van der Waals surface area (Å²) in [5, 5.41) is 14.0. The van der Waals surface area contributed by atoms with Crippen LogP contribution < -0.4 is 5.32 Å². The molecular formula is C18H25ClN2O2. The average Bonchev–Trinajstić information content (AvgIpc) is 2.98. The minimum Gasteiger partial charge on any atom is -0.393 e. The van der Waals surface area contributed by atoms with Crippen molar-refractivity contribution in [2.24, 2.45) is 5.92 Å². The summed E-state index contributed by atoms with van der Waals surface area (Å²) in [6.45, 7) is 2.41. The van der Waals surface area contributed by atoms with Gasteiger partial charge in [-0.1, -0.05) is 30.2 Å². The number of amides is 1. The van der Waals surface area contributed by atoms with Crippen LogP contribution >= 0.6 is 11.6 Å². The Morgan fingerprint density at radius 2 is 1.96 bits per heavy atom. The molecule has 5 heteroatoms. The zero-order valence-corrected chi connectivity index (χ0v) is 14.1. The quantitative estimate of drug-likeness (QED) is 0.889. The first-order chi connectivity index (χ1) is 11.1. The summed E-state index contributed by atoms with van der Waals surface area (Å²) in [5.41, 5.74) is 0.592. The third kappa shape index (κ3) is 4.06. The molecule has 1 saturated carbocycles. The average molecular weight is 337 g/mol. The maximum atomic E-state index is 12.5. The van der Waals surface area contributed by atoms with Crippen LogP contribution in [0.15, 0.2) is 24.3 Å². The second kappa shape index (κ2) is 7.65. The van der Waals surface area contributed by atoms with Crippen LogP contribution in [0.5, 0.6) is 0 Å². The second-order valence-corrected chi connectivity index (χ2v) is 7.12. The normalized spacial score (nSPS) is 25.7. The van der Waals surface area contributed by atoms with Gasteiger partial charge in [-0.05, 0) is 43.7 Å². The van der Waals surface area contributed by atoms with E-state index in [-0.39, 0.29) is 12.0 Å². The number of carbonyl (C=O) groups excluding carboxylic acids is 1. The number of rotatable bonds is 4. The van der Waals surface area contributed by atoms with Crippen LogP contribution in [0.1, 0.15) is 42.5 Å². The van der Waals surface area contributed by atoms with Gasteiger partial charge in [0.05, 0.1) is 16.7 Å². The number of halogens is 1. The van der Waals surface area contributed by atoms with E-state index >= 15 is 0 Å². The number of carbonyl (C=O) groups is 1. The predicted octanol–water partition coefficient (Wildman–Crippen LogP) is 2.70. The van der Waals surface area contributed by atoms with Crippen LogP contribution in [-0.2, 0) is 0 Å². The van der Waals surface area contributed by atoms with Gasteiger partial charge in [0.15, 0.2) is 0 Å². The van der Waals surface area contributed by atoms with Gasteiger partial charge in [-0.25, -0.2) is 0 Å². The predicted molar refractivity (Wildman–Crippen MR) is 91.7 cm³/mol. The number of nitrogens with zero attached hydrogens (tertiary/aromatic N) is 1. The van der Waals surface area contributed by atoms with Gasteiger partial charge in [-0.15, -0.1) is 0 Å². The lowest BCUT2D eigenvalue weighted by molar-refractivity contribution is 0.0700. The molecule has 1 aliphatic carbocycles. The molecule has 2 aliphatic rings. The van der Waals surface area contributed by atoms with Crippen molar-refractivity contribution >= 4 is 17.5 Å². The fourth-order valence-electron chi connectivity index (χ4n) is 3.67. The van der Waals surface area contributed by atoms with Gasteiger partial charge in [-0.3, -0.25) is 4.79 Å². The molecule has 2 atom stereocenters. The fraction of sp³-hybridized carbons (Fsp3) is 0.611. The fourth-order valence-corrected chi connectivity index (χ4v) is 3.88. The number of aliphatic hydroxyl groups excluding tert-OH is 1. The Labute approximate surface area is 142 Å². The minimum atomic E-state index is -0.135. The van der Waals surface area contributed by atoms with Crippen LogP contribution in [0, 0.1) is 5.92 Å². The van der Waals surface area contributed by atoms with Crippen LogP contribution in [0.2, 0.25) is 5.02 Å². The largest absolute Gasteiger partial charge is 0.393 e. The smallest absolute Gasteiger partial charge is 0.255 e. The number of benzene rings is 1. The molecule has 0 spiro atoms. The molecule has 1 heterocycles. The molecule has 1 amide bonds. The number of likely N-dealkylation sites (tertiary alicyclic amines) is 1. The molecule has 2 fully saturated rings. The van der Waals surface area contributed by atoms with Crippen LogP contribution in [0.25, 0.3) is 0 Å². The Morgan fingerprint density at radius 3 is 2.61 bits per heavy atom. The van der Waals surface area contributed by atoms with E-state index in [9.17, 15) is 9.90 Å². The lowest BCUT2D eigenvalue weighted by atomic mass is 10.0. The van der Waals surface area contributed by atoms with Crippen molar-refractivity contribution in [2.45, 2.75) is 44.2 Å². The van der Waals surface area contributed by atoms with E-state index in [2.05, 4.69) is 5.32 Å². The molecule has 1 aromatic carbocycles. The van der Waals surface area contributed by atoms with Gasteiger partial charge in [0.2, 0.25) is 0 Å². The Morgan fingerprint density at radius 1 is 1.22 bits per heavy atom. The van der Waals surface area contributed by atoms with E-state index < -0.39 is 0 Å². The summed E-state index contributed by atoms with van der Waals surface area (Å²) in [6, 6.07) is 7.68. The maximum absolute atomic E-state index is 12.5. The second-order valence-electron chi connectivity index (χ2n) is 6.71. The van der Waals surface area contributed by atoms with Gasteiger partial charge in [0.1, 0.15) is 0 Å². The van der Waals surface area contributed by atoms with Crippen LogP contribution in [0.4, 0.5) is 0 Å². The summed E-state index contributed by atoms with van der Waals surface area (Å²) in [7, 11) is 0. The zero-order chi connectivity index (χ0) is 16.2. The van der Waals surface area contributed by atoms with Gasteiger partial charge < -0.3 is 15.3 Å². The van der Waals surface area contributed by atoms with Crippen molar-refractivity contribution in [3.63, 3.8) is 0 Å². The first-order valence-electron chi connectivity index (χ1n) is 8.60. The van der Waals surface area contributed by atoms with Gasteiger partial charge in [0, 0.05) is 25.7 Å². The number of hydrogen-bond donors (Lipinski definition) is 2. The number of hydrogen-bond acceptors (Lipinski definition) is 3. The van der Waals surface area contributed by atoms with Crippen molar-refractivity contribution in [3.8, 4) is 0 Å². The lowest BCUT2D eigenvalue weighted by Crippen LogP contribution is -2.46. The molecule has 23 heavy (non-hydrogen) atoms. The van der Waals surface area contributed by atoms with E-state index in [0.717, 1.165) is 51.7 Å². The Bertz CT molecular complexity index is 544. The Hall–Kier alpha value is -1.10. The molecular weight excluding hydrogens is 312 g/mol. The van der Waals surface area contributed by atoms with Gasteiger partial charge in [-0.2, -0.15) is 0 Å². The van der Waals surface area contributed by atoms with Crippen molar-refractivity contribution in [3.05, 3.63) is 34.9 Å². The number of aliphatic hydroxyl groups is 1. The maximum Gasteiger partial charge on any atom is 0.255 e. The molecule has 2 N–H and O–H groups in total. The summed E-state index contributed by atoms with van der Waals surface area (Å²) in [6.07, 6.45) is 4.98. The molecule has 1 aliphatic heterocycles. The molecule has 0 aromatic heterocycles. The van der Waals surface area contributed by atoms with Crippen molar-refractivity contribution in [2.75, 3.05) is 19.6 Å². The first kappa shape index (κ1) is 16.7. The molecule has 1 saturated heterocycles. The van der Waals surface area contributed by atoms with E-state index in [4.69, 9.17) is 11.6 Å². The third-order valence-corrected chi connectivity index (χ3v) is 5.50. The minimum absolute atomic E-state index is 0.0280. The molecule has 3 rings (SSSR count). The molecule has 126 valence electrons. The summed E-state index contributed by atoms with van der Waals surface area (Å²) < 4.78 is 0. The molecule has 0 radical (unpaired) electrons. The highest BCUT2D eigenvalue weighted by atomic mass is 35.5. The van der Waals surface area contributed by atoms with Crippen molar-refractivity contribution in [1.82, 2.24) is 10.2 Å². The highest BCUT2D eigenvalue weighted by Gasteiger charge is 2.28. The number of piperidine rings is 1. The van der Waals surface area contributed by atoms with Crippen molar-refractivity contribution in [1.29, 1.82) is 0 Å². The summed E-state index contributed by atoms with van der Waals surface area (Å²) in [5.74, 6) is 0.429. The van der Waals surface area contributed by atoms with Crippen LogP contribution in [-0.4, -0.2) is 47.7 Å². The highest BCUT2D eigenvalue weighted by Crippen LogP contribution is 2.25. The SMILES string of the molecule is O=C(c1ccccc1Cl)N1CCC(NC[C@H]2CCC[C@@H]2O)CC1. The van der Waals surface area contributed by atoms with E-state index in [1.807, 2.05) is 17.0 Å². The molecule has 0 unspecified atom stereocenters. The van der Waals surface area contributed by atoms with E-state index in [1.54, 1.807) is 12.1 Å². The molecule has 0 bridgehead atoms. The first-order valence-corrected chi connectivity index (χ1v) is 8.98. The Kier molecular flexibility index (Phi) is 5.57. The third-order valence-electron chi connectivity index (χ3n) is 5.17. The summed E-state index contributed by atoms with van der Waals surface area (Å²) >= 11 is 6.12. The van der Waals surface area contributed by atoms with E-state index in [0.29, 0.717) is 22.5 Å². The van der Waals surface area contributed by atoms with E-state index in [1.165, 1.54) is 0 Å². The summed E-state index contributed by atoms with van der Waals surface area (Å²) in [4.78, 5) is 14.4.